The number of phenolic OH excluding ortho intramolecular Hbond substituents is 1. The number of fused-ring (bicyclic) bond motifs is 2. The molecule has 3 saturated heterocycles. The molecule has 0 bridgehead atoms. The summed E-state index contributed by atoms with van der Waals surface area (Å²) in [6, 6.07) is -9.77. The van der Waals surface area contributed by atoms with Crippen LogP contribution in [0.25, 0.3) is 0 Å². The number of carbonyl (C=O) groups is 7. The lowest BCUT2D eigenvalue weighted by atomic mass is 9.98. The zero-order valence-electron chi connectivity index (χ0n) is 39.2. The van der Waals surface area contributed by atoms with Gasteiger partial charge < -0.3 is 96.6 Å². The van der Waals surface area contributed by atoms with E-state index in [0.29, 0.717) is 0 Å². The van der Waals surface area contributed by atoms with E-state index in [1.54, 1.807) is 0 Å². The number of hydrogen-bond donors (Lipinski definition) is 17. The molecule has 1 aromatic carbocycles. The molecular formula is C42H66N8O21S. The van der Waals surface area contributed by atoms with E-state index < -0.39 is 214 Å². The molecule has 3 aliphatic heterocycles. The molecule has 0 aliphatic carbocycles. The predicted octanol–water partition coefficient (Wildman–Crippen LogP) is -6.25. The van der Waals surface area contributed by atoms with Crippen molar-refractivity contribution in [2.45, 2.75) is 118 Å². The highest BCUT2D eigenvalue weighted by molar-refractivity contribution is 8.15. The average Bonchev–Trinajstić information content (AvgIpc) is 3.86. The van der Waals surface area contributed by atoms with Gasteiger partial charge in [-0.15, -0.1) is 0 Å². The van der Waals surface area contributed by atoms with Gasteiger partial charge in [-0.1, -0.05) is 25.6 Å². The van der Waals surface area contributed by atoms with Gasteiger partial charge in [-0.25, -0.2) is 4.79 Å². The number of aliphatic hydroxyl groups excluding tert-OH is 8. The van der Waals surface area contributed by atoms with Crippen molar-refractivity contribution in [2.24, 2.45) is 11.7 Å². The van der Waals surface area contributed by atoms with Crippen molar-refractivity contribution in [1.82, 2.24) is 36.0 Å². The van der Waals surface area contributed by atoms with E-state index in [1.807, 2.05) is 0 Å². The number of aliphatic hydroxyl groups is 8. The molecule has 13 atom stereocenters. The van der Waals surface area contributed by atoms with Gasteiger partial charge in [-0.3, -0.25) is 42.4 Å². The first-order valence-corrected chi connectivity index (χ1v) is 24.1. The summed E-state index contributed by atoms with van der Waals surface area (Å²) in [7, 11) is 0. The molecule has 72 heavy (non-hydrogen) atoms. The maximum Gasteiger partial charge on any atom is 0.410 e. The number of ether oxygens (including phenoxy) is 1. The fourth-order valence-electron chi connectivity index (χ4n) is 8.38. The topological polar surface area (TPSA) is 465 Å². The first-order valence-electron chi connectivity index (χ1n) is 22.6. The van der Waals surface area contributed by atoms with Gasteiger partial charge in [0.05, 0.1) is 61.9 Å². The lowest BCUT2D eigenvalue weighted by Crippen LogP contribution is -2.64. The van der Waals surface area contributed by atoms with E-state index in [-0.39, 0.29) is 12.2 Å². The Hall–Kier alpha value is -5.48. The molecule has 7 amide bonds. The van der Waals surface area contributed by atoms with Gasteiger partial charge in [0.2, 0.25) is 35.4 Å². The lowest BCUT2D eigenvalue weighted by Gasteiger charge is -2.35. The first-order chi connectivity index (χ1) is 33.7. The van der Waals surface area contributed by atoms with E-state index in [1.165, 1.54) is 13.0 Å². The van der Waals surface area contributed by atoms with Crippen LogP contribution in [0.5, 0.6) is 11.5 Å². The molecule has 0 unspecified atom stereocenters. The first kappa shape index (κ1) is 59.1. The summed E-state index contributed by atoms with van der Waals surface area (Å²) in [5.41, 5.74) is 5.96. The third kappa shape index (κ3) is 15.3. The average molecular weight is 1050 g/mol. The van der Waals surface area contributed by atoms with Crippen LogP contribution in [0.1, 0.15) is 38.7 Å². The summed E-state index contributed by atoms with van der Waals surface area (Å²) in [5.74, 6) is -9.62. The van der Waals surface area contributed by atoms with Crippen molar-refractivity contribution in [3.63, 3.8) is 0 Å². The molecule has 4 rings (SSSR count). The Labute approximate surface area is 413 Å². The minimum Gasteiger partial charge on any atom is -0.504 e. The Morgan fingerprint density at radius 2 is 1.50 bits per heavy atom. The second-order valence-corrected chi connectivity index (χ2v) is 18.9. The van der Waals surface area contributed by atoms with Crippen molar-refractivity contribution in [1.29, 1.82) is 0 Å². The summed E-state index contributed by atoms with van der Waals surface area (Å²) in [6.45, 7) is 1.82. The number of nitrogens with zero attached hydrogens (tertiary/aromatic N) is 3. The summed E-state index contributed by atoms with van der Waals surface area (Å²) < 4.78 is 38.1. The Balaban J connectivity index is 1.88. The fraction of sp³-hybridized carbons (Fsp3) is 0.643. The molecule has 3 aliphatic rings. The van der Waals surface area contributed by atoms with E-state index in [2.05, 4.69) is 32.0 Å². The van der Waals surface area contributed by atoms with Gasteiger partial charge in [0.25, 0.3) is 11.2 Å². The highest BCUT2D eigenvalue weighted by Gasteiger charge is 2.50. The van der Waals surface area contributed by atoms with E-state index in [0.717, 1.165) is 39.8 Å². The van der Waals surface area contributed by atoms with E-state index >= 15 is 0 Å². The number of hydrogen-bond acceptors (Lipinski definition) is 22. The van der Waals surface area contributed by atoms with Crippen LogP contribution in [0.15, 0.2) is 30.9 Å². The second-order valence-electron chi connectivity index (χ2n) is 17.8. The number of nitrogens with two attached hydrogens (primary N) is 1. The summed E-state index contributed by atoms with van der Waals surface area (Å²) in [5, 5.41) is 107. The maximum atomic E-state index is 14.8. The van der Waals surface area contributed by atoms with Crippen molar-refractivity contribution < 1.29 is 102 Å². The van der Waals surface area contributed by atoms with Gasteiger partial charge >= 0.3 is 6.09 Å². The van der Waals surface area contributed by atoms with E-state index in [9.17, 15) is 93.2 Å². The summed E-state index contributed by atoms with van der Waals surface area (Å²) in [6.07, 6.45) is -12.9. The standard InChI is InChI=1S/C42H66N8O21S/c1-4-9-70-42(66)48(22(17-51)18-52)8-7-28(57)33-41(65)50-15-19(2)35(59)34(50)39(63)44-14-23(54)12-25(43)36(60)45-31(20(3)53)40(64)49-16-24(55)13-26(49)37(61)46-32(38(62)47-33)29(58)10-21-5-6-27(56)30(11-21)71-72(67,68)69/h4-6,11,19-20,22-26,28-29,31-35,51-59,67-69H,1,7-10,12-18,43H2,2-3H3,(H,44,63)(H,45,60)(H,46,61)(H,47,62)/t19-,20+,23+,24+,25-,26-,28+,29+,31-,32-,33-,34-,35-/m0/s1. The molecule has 29 nitrogen and oxygen atoms in total. The largest absolute Gasteiger partial charge is 0.504 e. The monoisotopic (exact) mass is 1050 g/mol. The van der Waals surface area contributed by atoms with Crippen LogP contribution < -0.4 is 31.2 Å². The second kappa shape index (κ2) is 26.0. The smallest absolute Gasteiger partial charge is 0.410 e. The lowest BCUT2D eigenvalue weighted by molar-refractivity contribution is -0.147. The zero-order chi connectivity index (χ0) is 53.9. The van der Waals surface area contributed by atoms with Crippen LogP contribution in [0.2, 0.25) is 0 Å². The van der Waals surface area contributed by atoms with Crippen molar-refractivity contribution in [2.75, 3.05) is 46.0 Å². The third-order valence-electron chi connectivity index (χ3n) is 12.2. The molecule has 0 spiro atoms. The highest BCUT2D eigenvalue weighted by Crippen LogP contribution is 2.40. The summed E-state index contributed by atoms with van der Waals surface area (Å²) in [4.78, 5) is 100. The van der Waals surface area contributed by atoms with Crippen LogP contribution in [0.4, 0.5) is 4.79 Å². The van der Waals surface area contributed by atoms with Gasteiger partial charge in [0.15, 0.2) is 11.5 Å². The number of phenols is 1. The fourth-order valence-corrected chi connectivity index (χ4v) is 8.76. The SMILES string of the molecule is C=CCOC(=O)N(CC[C@@H](O)[C@@H]1NC(=O)[C@H]([C@H](O)Cc2ccc(O)c(OS(O)(O)O)c2)NC(=O)[C@@H]2C[C@@H](O)CN2C(=O)[C@H]([C@@H](C)O)NC(=O)[C@@H](N)C[C@@H](O)CNC(=O)[C@@H]2[C@@H](O)[C@@H](C)CN2C1=O)C(CO)CO. The number of nitrogens with one attached hydrogen (secondary N) is 4. The van der Waals surface area contributed by atoms with Crippen LogP contribution in [-0.2, 0) is 39.9 Å². The minimum atomic E-state index is -4.73. The maximum absolute atomic E-state index is 14.8. The van der Waals surface area contributed by atoms with Gasteiger partial charge in [0, 0.05) is 44.9 Å². The van der Waals surface area contributed by atoms with Crippen LogP contribution >= 0.6 is 11.2 Å². The molecule has 0 aromatic heterocycles. The Kier molecular flexibility index (Phi) is 21.3. The molecule has 406 valence electrons. The number of carbonyl (C=O) groups excluding carboxylic acids is 7. The minimum absolute atomic E-state index is 0.0809. The highest BCUT2D eigenvalue weighted by atomic mass is 32.3. The number of benzene rings is 1. The van der Waals surface area contributed by atoms with Crippen molar-refractivity contribution in [3.8, 4) is 11.5 Å². The molecule has 30 heteroatoms. The summed E-state index contributed by atoms with van der Waals surface area (Å²) >= 11 is -4.73. The van der Waals surface area contributed by atoms with E-state index in [4.69, 9.17) is 10.5 Å². The van der Waals surface area contributed by atoms with Gasteiger partial charge in [-0.05, 0) is 37.5 Å². The molecule has 18 N–H and O–H groups in total. The Morgan fingerprint density at radius 1 is 0.875 bits per heavy atom. The van der Waals surface area contributed by atoms with Gasteiger partial charge in [0.1, 0.15) is 36.8 Å². The number of amides is 7. The number of rotatable bonds is 15. The Morgan fingerprint density at radius 3 is 2.11 bits per heavy atom. The van der Waals surface area contributed by atoms with Crippen molar-refractivity contribution >= 4 is 52.7 Å². The number of β-amino-alcohol motifs (C(OH)–C–C–N with tert-alkyl or cyclic N) is 1. The molecular weight excluding hydrogens is 985 g/mol. The number of aromatic hydroxyl groups is 1. The zero-order valence-corrected chi connectivity index (χ0v) is 40.1. The normalized spacial score (nSPS) is 28.8. The molecule has 0 radical (unpaired) electrons. The van der Waals surface area contributed by atoms with Gasteiger partial charge in [-0.2, -0.15) is 0 Å². The molecule has 3 fully saturated rings. The van der Waals surface area contributed by atoms with Crippen LogP contribution in [0.3, 0.4) is 0 Å². The quantitative estimate of drug-likeness (QED) is 0.0727. The van der Waals surface area contributed by atoms with Crippen LogP contribution in [-0.4, -0.2) is 241 Å². The molecule has 1 aromatic rings. The Bertz CT molecular complexity index is 2100. The molecule has 0 saturated carbocycles. The third-order valence-corrected chi connectivity index (χ3v) is 12.6. The van der Waals surface area contributed by atoms with Crippen molar-refractivity contribution in [3.05, 3.63) is 36.4 Å². The molecule has 3 heterocycles. The predicted molar refractivity (Wildman–Crippen MR) is 247 cm³/mol. The van der Waals surface area contributed by atoms with Crippen LogP contribution in [0, 0.1) is 5.92 Å².